The predicted molar refractivity (Wildman–Crippen MR) is 84.3 cm³/mol. The van der Waals surface area contributed by atoms with Gasteiger partial charge in [-0.2, -0.15) is 0 Å². The Kier molecular flexibility index (Phi) is 5.81. The van der Waals surface area contributed by atoms with Crippen molar-refractivity contribution in [2.45, 2.75) is 33.7 Å². The van der Waals surface area contributed by atoms with Crippen LogP contribution in [0.15, 0.2) is 35.1 Å². The van der Waals surface area contributed by atoms with E-state index in [1.807, 2.05) is 24.3 Å². The maximum absolute atomic E-state index is 5.67. The predicted octanol–water partition coefficient (Wildman–Crippen LogP) is 3.88. The first-order valence-corrected chi connectivity index (χ1v) is 7.57. The summed E-state index contributed by atoms with van der Waals surface area (Å²) in [6, 6.07) is 7.97. The van der Waals surface area contributed by atoms with Gasteiger partial charge in [-0.3, -0.25) is 0 Å². The van der Waals surface area contributed by atoms with E-state index < -0.39 is 0 Å². The Morgan fingerprint density at radius 1 is 1.33 bits per heavy atom. The maximum atomic E-state index is 5.67. The van der Waals surface area contributed by atoms with Crippen LogP contribution in [0.4, 0.5) is 0 Å². The lowest BCUT2D eigenvalue weighted by molar-refractivity contribution is 0.317. The van der Waals surface area contributed by atoms with Crippen molar-refractivity contribution in [3.63, 3.8) is 0 Å². The third-order valence-corrected chi connectivity index (χ3v) is 3.06. The largest absolute Gasteiger partial charge is 0.494 e. The van der Waals surface area contributed by atoms with Crippen molar-refractivity contribution >= 4 is 0 Å². The first kappa shape index (κ1) is 15.6. The number of benzene rings is 1. The van der Waals surface area contributed by atoms with Crippen molar-refractivity contribution < 1.29 is 9.15 Å². The first-order valence-electron chi connectivity index (χ1n) is 7.57. The minimum absolute atomic E-state index is 0.617. The number of oxazole rings is 1. The van der Waals surface area contributed by atoms with Crippen LogP contribution < -0.4 is 10.1 Å². The monoisotopic (exact) mass is 288 g/mol. The normalized spacial score (nSPS) is 11.0. The van der Waals surface area contributed by atoms with Crippen LogP contribution >= 0.6 is 0 Å². The molecule has 0 saturated heterocycles. The van der Waals surface area contributed by atoms with E-state index in [1.54, 1.807) is 0 Å². The molecule has 1 heterocycles. The molecule has 4 heteroatoms. The van der Waals surface area contributed by atoms with Crippen LogP contribution in [-0.2, 0) is 6.54 Å². The molecule has 0 unspecified atom stereocenters. The van der Waals surface area contributed by atoms with E-state index in [0.29, 0.717) is 12.5 Å². The van der Waals surface area contributed by atoms with Crippen molar-refractivity contribution in [1.29, 1.82) is 0 Å². The van der Waals surface area contributed by atoms with Gasteiger partial charge in [-0.05, 0) is 31.0 Å². The topological polar surface area (TPSA) is 47.3 Å². The molecule has 114 valence electrons. The molecule has 0 amide bonds. The van der Waals surface area contributed by atoms with E-state index in [4.69, 9.17) is 9.15 Å². The summed E-state index contributed by atoms with van der Waals surface area (Å²) in [4.78, 5) is 4.31. The molecule has 1 aromatic carbocycles. The molecule has 0 aliphatic carbocycles. The fourth-order valence-corrected chi connectivity index (χ4v) is 2.06. The molecule has 4 nitrogen and oxygen atoms in total. The highest BCUT2D eigenvalue weighted by atomic mass is 16.5. The van der Waals surface area contributed by atoms with Gasteiger partial charge in [0, 0.05) is 12.1 Å². The molecule has 1 aromatic heterocycles. The van der Waals surface area contributed by atoms with Gasteiger partial charge < -0.3 is 14.5 Å². The minimum Gasteiger partial charge on any atom is -0.494 e. The smallest absolute Gasteiger partial charge is 0.181 e. The minimum atomic E-state index is 0.617. The summed E-state index contributed by atoms with van der Waals surface area (Å²) in [5.74, 6) is 2.30. The van der Waals surface area contributed by atoms with Gasteiger partial charge in [0.1, 0.15) is 11.4 Å². The first-order chi connectivity index (χ1) is 10.2. The molecular formula is C17H24N2O2. The quantitative estimate of drug-likeness (QED) is 0.801. The van der Waals surface area contributed by atoms with Crippen LogP contribution in [0.1, 0.15) is 32.9 Å². The molecule has 2 aromatic rings. The molecular weight excluding hydrogens is 264 g/mol. The highest BCUT2D eigenvalue weighted by Gasteiger charge is 2.11. The van der Waals surface area contributed by atoms with Gasteiger partial charge in [-0.1, -0.05) is 32.9 Å². The fourth-order valence-electron chi connectivity index (χ4n) is 2.06. The Bertz CT molecular complexity index is 549. The van der Waals surface area contributed by atoms with E-state index in [1.165, 1.54) is 6.39 Å². The van der Waals surface area contributed by atoms with Gasteiger partial charge in [-0.25, -0.2) is 4.98 Å². The summed E-state index contributed by atoms with van der Waals surface area (Å²) < 4.78 is 11.2. The van der Waals surface area contributed by atoms with Crippen LogP contribution in [0, 0.1) is 5.92 Å². The third kappa shape index (κ3) is 4.60. The summed E-state index contributed by atoms with van der Waals surface area (Å²) in [7, 11) is 0. The standard InChI is InChI=1S/C17H24N2O2/c1-4-8-20-15-7-5-6-14(9-15)17-16(19-12-21-17)11-18-10-13(2)3/h5-7,9,12-13,18H,4,8,10-11H2,1-3H3. The van der Waals surface area contributed by atoms with Crippen LogP contribution in [0.5, 0.6) is 5.75 Å². The molecule has 0 atom stereocenters. The third-order valence-electron chi connectivity index (χ3n) is 3.06. The fraction of sp³-hybridized carbons (Fsp3) is 0.471. The van der Waals surface area contributed by atoms with Crippen LogP contribution in [0.2, 0.25) is 0 Å². The molecule has 0 aliphatic heterocycles. The summed E-state index contributed by atoms with van der Waals surface area (Å²) in [5, 5.41) is 3.39. The summed E-state index contributed by atoms with van der Waals surface area (Å²) in [6.07, 6.45) is 2.50. The van der Waals surface area contributed by atoms with E-state index in [9.17, 15) is 0 Å². The van der Waals surface area contributed by atoms with E-state index in [0.717, 1.165) is 42.3 Å². The van der Waals surface area contributed by atoms with Gasteiger partial charge in [0.05, 0.1) is 6.61 Å². The van der Waals surface area contributed by atoms with Gasteiger partial charge in [0.15, 0.2) is 12.2 Å². The Hall–Kier alpha value is -1.81. The van der Waals surface area contributed by atoms with Crippen molar-refractivity contribution in [1.82, 2.24) is 10.3 Å². The zero-order chi connectivity index (χ0) is 15.1. The van der Waals surface area contributed by atoms with Crippen molar-refractivity contribution in [2.75, 3.05) is 13.2 Å². The Labute approximate surface area is 126 Å². The molecule has 0 radical (unpaired) electrons. The molecule has 1 N–H and O–H groups in total. The number of nitrogens with zero attached hydrogens (tertiary/aromatic N) is 1. The number of hydrogen-bond acceptors (Lipinski definition) is 4. The lowest BCUT2D eigenvalue weighted by Crippen LogP contribution is -2.19. The van der Waals surface area contributed by atoms with E-state index in [2.05, 4.69) is 31.1 Å². The second-order valence-electron chi connectivity index (χ2n) is 5.53. The van der Waals surface area contributed by atoms with Crippen molar-refractivity contribution in [3.05, 3.63) is 36.4 Å². The summed E-state index contributed by atoms with van der Waals surface area (Å²) >= 11 is 0. The molecule has 21 heavy (non-hydrogen) atoms. The number of nitrogens with one attached hydrogen (secondary N) is 1. The lowest BCUT2D eigenvalue weighted by atomic mass is 10.1. The average Bonchev–Trinajstić information content (AvgIpc) is 2.93. The van der Waals surface area contributed by atoms with Crippen LogP contribution in [-0.4, -0.2) is 18.1 Å². The second-order valence-corrected chi connectivity index (χ2v) is 5.53. The number of aromatic nitrogens is 1. The van der Waals surface area contributed by atoms with Crippen molar-refractivity contribution in [3.8, 4) is 17.1 Å². The maximum Gasteiger partial charge on any atom is 0.181 e. The highest BCUT2D eigenvalue weighted by Crippen LogP contribution is 2.26. The lowest BCUT2D eigenvalue weighted by Gasteiger charge is -2.08. The SMILES string of the molecule is CCCOc1cccc(-c2ocnc2CNCC(C)C)c1. The molecule has 0 fully saturated rings. The van der Waals surface area contributed by atoms with Gasteiger partial charge >= 0.3 is 0 Å². The molecule has 0 aliphatic rings. The number of hydrogen-bond donors (Lipinski definition) is 1. The Balaban J connectivity index is 2.09. The molecule has 0 saturated carbocycles. The number of rotatable bonds is 8. The van der Waals surface area contributed by atoms with Gasteiger partial charge in [-0.15, -0.1) is 0 Å². The second kappa shape index (κ2) is 7.84. The average molecular weight is 288 g/mol. The zero-order valence-electron chi connectivity index (χ0n) is 13.1. The Morgan fingerprint density at radius 3 is 2.95 bits per heavy atom. The van der Waals surface area contributed by atoms with Crippen molar-refractivity contribution in [2.24, 2.45) is 5.92 Å². The number of ether oxygens (including phenoxy) is 1. The van der Waals surface area contributed by atoms with Gasteiger partial charge in [0.2, 0.25) is 0 Å². The molecule has 2 rings (SSSR count). The van der Waals surface area contributed by atoms with E-state index in [-0.39, 0.29) is 0 Å². The highest BCUT2D eigenvalue weighted by molar-refractivity contribution is 5.61. The van der Waals surface area contributed by atoms with E-state index >= 15 is 0 Å². The van der Waals surface area contributed by atoms with Crippen LogP contribution in [0.3, 0.4) is 0 Å². The summed E-state index contributed by atoms with van der Waals surface area (Å²) in [5.41, 5.74) is 1.94. The Morgan fingerprint density at radius 2 is 2.19 bits per heavy atom. The summed E-state index contributed by atoms with van der Waals surface area (Å²) in [6.45, 7) is 8.87. The molecule has 0 spiro atoms. The zero-order valence-corrected chi connectivity index (χ0v) is 13.1. The van der Waals surface area contributed by atoms with Gasteiger partial charge in [0.25, 0.3) is 0 Å². The molecule has 0 bridgehead atoms. The van der Waals surface area contributed by atoms with Crippen LogP contribution in [0.25, 0.3) is 11.3 Å².